The smallest absolute Gasteiger partial charge is 0.331 e. The van der Waals surface area contributed by atoms with Gasteiger partial charge in [0.1, 0.15) is 0 Å². The molecule has 0 aromatic heterocycles. The zero-order valence-electron chi connectivity index (χ0n) is 16.8. The summed E-state index contributed by atoms with van der Waals surface area (Å²) in [5, 5.41) is 3.07. The molecule has 0 spiro atoms. The van der Waals surface area contributed by atoms with Crippen LogP contribution in [-0.2, 0) is 14.3 Å². The van der Waals surface area contributed by atoms with Crippen molar-refractivity contribution in [3.05, 3.63) is 58.6 Å². The fourth-order valence-electron chi connectivity index (χ4n) is 2.54. The number of benzene rings is 2. The van der Waals surface area contributed by atoms with Gasteiger partial charge in [-0.15, -0.1) is 0 Å². The van der Waals surface area contributed by atoms with Gasteiger partial charge in [-0.1, -0.05) is 23.7 Å². The van der Waals surface area contributed by atoms with Crippen molar-refractivity contribution in [2.45, 2.75) is 26.9 Å². The van der Waals surface area contributed by atoms with Crippen LogP contribution in [-0.4, -0.2) is 31.7 Å². The molecular weight excluding hydrogens is 394 g/mol. The summed E-state index contributed by atoms with van der Waals surface area (Å²) in [7, 11) is 1.50. The third-order valence-electron chi connectivity index (χ3n) is 3.90. The normalized spacial score (nSPS) is 11.8. The highest BCUT2D eigenvalue weighted by Crippen LogP contribution is 2.36. The lowest BCUT2D eigenvalue weighted by molar-refractivity contribution is -0.148. The van der Waals surface area contributed by atoms with Gasteiger partial charge in [0.25, 0.3) is 5.91 Å². The maximum absolute atomic E-state index is 12.2. The number of hydrogen-bond donors (Lipinski definition) is 1. The zero-order chi connectivity index (χ0) is 21.4. The Morgan fingerprint density at radius 3 is 2.66 bits per heavy atom. The number of nitrogens with one attached hydrogen (secondary N) is 1. The highest BCUT2D eigenvalue weighted by molar-refractivity contribution is 6.32. The van der Waals surface area contributed by atoms with E-state index in [2.05, 4.69) is 5.32 Å². The second-order valence-electron chi connectivity index (χ2n) is 6.24. The molecular formula is C22H24ClNO5. The summed E-state index contributed by atoms with van der Waals surface area (Å²) in [5.41, 5.74) is 2.29. The number of aryl methyl sites for hydroxylation is 1. The van der Waals surface area contributed by atoms with Crippen molar-refractivity contribution in [2.24, 2.45) is 0 Å². The minimum atomic E-state index is -0.953. The Bertz CT molecular complexity index is 910. The average molecular weight is 418 g/mol. The second-order valence-corrected chi connectivity index (χ2v) is 6.65. The molecule has 7 heteroatoms. The number of ether oxygens (including phenoxy) is 3. The van der Waals surface area contributed by atoms with Crippen molar-refractivity contribution in [3.63, 3.8) is 0 Å². The molecule has 0 saturated heterocycles. The van der Waals surface area contributed by atoms with E-state index in [0.717, 1.165) is 5.56 Å². The van der Waals surface area contributed by atoms with Crippen molar-refractivity contribution >= 4 is 35.2 Å². The van der Waals surface area contributed by atoms with Crippen LogP contribution in [0.4, 0.5) is 5.69 Å². The highest BCUT2D eigenvalue weighted by atomic mass is 35.5. The third-order valence-corrected chi connectivity index (χ3v) is 4.18. The van der Waals surface area contributed by atoms with Gasteiger partial charge in [-0.2, -0.15) is 0 Å². The molecule has 0 aliphatic rings. The van der Waals surface area contributed by atoms with Crippen LogP contribution in [0.25, 0.3) is 6.08 Å². The molecule has 29 heavy (non-hydrogen) atoms. The summed E-state index contributed by atoms with van der Waals surface area (Å²) in [4.78, 5) is 24.3. The zero-order valence-corrected chi connectivity index (χ0v) is 17.6. The van der Waals surface area contributed by atoms with Crippen LogP contribution in [0, 0.1) is 6.92 Å². The molecule has 1 amide bonds. The number of esters is 1. The summed E-state index contributed by atoms with van der Waals surface area (Å²) < 4.78 is 15.9. The van der Waals surface area contributed by atoms with Gasteiger partial charge in [0.05, 0.1) is 18.7 Å². The van der Waals surface area contributed by atoms with E-state index in [4.69, 9.17) is 25.8 Å². The lowest BCUT2D eigenvalue weighted by Crippen LogP contribution is -2.29. The molecule has 0 unspecified atom stereocenters. The molecule has 154 valence electrons. The van der Waals surface area contributed by atoms with Gasteiger partial charge in [0, 0.05) is 11.8 Å². The largest absolute Gasteiger partial charge is 0.491 e. The van der Waals surface area contributed by atoms with Gasteiger partial charge in [-0.3, -0.25) is 4.79 Å². The maximum atomic E-state index is 12.2. The molecule has 0 bridgehead atoms. The Morgan fingerprint density at radius 1 is 1.24 bits per heavy atom. The summed E-state index contributed by atoms with van der Waals surface area (Å²) >= 11 is 6.19. The first kappa shape index (κ1) is 22.3. The molecule has 6 nitrogen and oxygen atoms in total. The molecule has 2 aromatic carbocycles. The first-order valence-corrected chi connectivity index (χ1v) is 9.48. The molecule has 1 atom stereocenters. The number of hydrogen-bond acceptors (Lipinski definition) is 5. The first-order chi connectivity index (χ1) is 13.8. The fraction of sp³-hybridized carbons (Fsp3) is 0.273. The van der Waals surface area contributed by atoms with E-state index in [1.54, 1.807) is 18.2 Å². The van der Waals surface area contributed by atoms with Crippen LogP contribution >= 0.6 is 11.6 Å². The monoisotopic (exact) mass is 417 g/mol. The molecule has 0 aliphatic heterocycles. The van der Waals surface area contributed by atoms with E-state index >= 15 is 0 Å². The Labute approximate surface area is 175 Å². The quantitative estimate of drug-likeness (QED) is 0.500. The van der Waals surface area contributed by atoms with E-state index in [1.165, 1.54) is 26.2 Å². The van der Waals surface area contributed by atoms with Crippen LogP contribution < -0.4 is 14.8 Å². The van der Waals surface area contributed by atoms with Crippen molar-refractivity contribution in [1.29, 1.82) is 0 Å². The van der Waals surface area contributed by atoms with Crippen molar-refractivity contribution in [2.75, 3.05) is 19.0 Å². The third kappa shape index (κ3) is 6.54. The second kappa shape index (κ2) is 10.5. The molecule has 0 aliphatic carbocycles. The Morgan fingerprint density at radius 2 is 2.00 bits per heavy atom. The highest BCUT2D eigenvalue weighted by Gasteiger charge is 2.17. The minimum absolute atomic E-state index is 0.359. The minimum Gasteiger partial charge on any atom is -0.491 e. The van der Waals surface area contributed by atoms with E-state index in [9.17, 15) is 9.59 Å². The average Bonchev–Trinajstić information content (AvgIpc) is 2.66. The lowest BCUT2D eigenvalue weighted by atomic mass is 10.2. The number of halogens is 1. The summed E-state index contributed by atoms with van der Waals surface area (Å²) in [6, 6.07) is 10.7. The lowest BCUT2D eigenvalue weighted by Gasteiger charge is -2.13. The van der Waals surface area contributed by atoms with Crippen molar-refractivity contribution in [3.8, 4) is 11.5 Å². The fourth-order valence-corrected chi connectivity index (χ4v) is 2.84. The van der Waals surface area contributed by atoms with Crippen molar-refractivity contribution in [1.82, 2.24) is 0 Å². The standard InChI is InChI=1S/C22H24ClNO5/c1-5-28-19-13-16(12-18(23)21(19)27-4)9-10-20(25)29-15(3)22(26)24-17-8-6-7-14(2)11-17/h6-13,15H,5H2,1-4H3,(H,24,26)/b10-9+/t15-/m0/s1. The number of amides is 1. The van der Waals surface area contributed by atoms with E-state index in [1.807, 2.05) is 32.0 Å². The Balaban J connectivity index is 2.00. The number of methoxy groups -OCH3 is 1. The molecule has 1 N–H and O–H groups in total. The van der Waals surface area contributed by atoms with E-state index in [-0.39, 0.29) is 0 Å². The Kier molecular flexibility index (Phi) is 8.09. The summed E-state index contributed by atoms with van der Waals surface area (Å²) in [6.45, 7) is 5.71. The number of rotatable bonds is 8. The van der Waals surface area contributed by atoms with Gasteiger partial charge < -0.3 is 19.5 Å². The van der Waals surface area contributed by atoms with Crippen LogP contribution in [0.15, 0.2) is 42.5 Å². The van der Waals surface area contributed by atoms with Gasteiger partial charge in [-0.25, -0.2) is 4.79 Å². The first-order valence-electron chi connectivity index (χ1n) is 9.10. The summed E-state index contributed by atoms with van der Waals surface area (Å²) in [5.74, 6) is -0.165. The van der Waals surface area contributed by atoms with Crippen LogP contribution in [0.2, 0.25) is 5.02 Å². The van der Waals surface area contributed by atoms with Gasteiger partial charge in [-0.05, 0) is 62.2 Å². The van der Waals surface area contributed by atoms with Gasteiger partial charge in [0.15, 0.2) is 17.6 Å². The SMILES string of the molecule is CCOc1cc(/C=C/C(=O)O[C@@H](C)C(=O)Nc2cccc(C)c2)cc(Cl)c1OC. The number of carbonyl (C=O) groups excluding carboxylic acids is 2. The van der Waals surface area contributed by atoms with Crippen LogP contribution in [0.5, 0.6) is 11.5 Å². The predicted octanol–water partition coefficient (Wildman–Crippen LogP) is 4.64. The molecule has 0 saturated carbocycles. The van der Waals surface area contributed by atoms with E-state index in [0.29, 0.717) is 34.4 Å². The Hall–Kier alpha value is -2.99. The molecule has 0 heterocycles. The molecule has 2 aromatic rings. The molecule has 0 radical (unpaired) electrons. The van der Waals surface area contributed by atoms with Crippen molar-refractivity contribution < 1.29 is 23.8 Å². The topological polar surface area (TPSA) is 73.9 Å². The predicted molar refractivity (Wildman–Crippen MR) is 114 cm³/mol. The van der Waals surface area contributed by atoms with Gasteiger partial charge in [0.2, 0.25) is 0 Å². The number of anilines is 1. The maximum Gasteiger partial charge on any atom is 0.331 e. The van der Waals surface area contributed by atoms with Crippen LogP contribution in [0.1, 0.15) is 25.0 Å². The van der Waals surface area contributed by atoms with Gasteiger partial charge >= 0.3 is 5.97 Å². The van der Waals surface area contributed by atoms with E-state index < -0.39 is 18.0 Å². The van der Waals surface area contributed by atoms with Crippen LogP contribution in [0.3, 0.4) is 0 Å². The molecule has 0 fully saturated rings. The number of carbonyl (C=O) groups is 2. The summed E-state index contributed by atoms with van der Waals surface area (Å²) in [6.07, 6.45) is 1.80. The molecule has 2 rings (SSSR count).